The van der Waals surface area contributed by atoms with Crippen molar-refractivity contribution in [2.45, 2.75) is 50.2 Å². The first-order valence-corrected chi connectivity index (χ1v) is 9.05. The number of piperidine rings is 1. The van der Waals surface area contributed by atoms with E-state index in [1.807, 2.05) is 0 Å². The Hall–Kier alpha value is -2.00. The van der Waals surface area contributed by atoms with Gasteiger partial charge in [-0.05, 0) is 32.1 Å². The van der Waals surface area contributed by atoms with Crippen LogP contribution >= 0.6 is 0 Å². The molecule has 1 aromatic rings. The Bertz CT molecular complexity index is 624. The monoisotopic (exact) mass is 348 g/mol. The third kappa shape index (κ3) is 3.98. The molecule has 9 heteroatoms. The van der Waals surface area contributed by atoms with Crippen LogP contribution in [0.5, 0.6) is 0 Å². The summed E-state index contributed by atoms with van der Waals surface area (Å²) in [6.07, 6.45) is 6.52. The fourth-order valence-corrected chi connectivity index (χ4v) is 3.51. The number of ether oxygens (including phenoxy) is 1. The molecule has 3 heterocycles. The molecule has 0 radical (unpaired) electrons. The van der Waals surface area contributed by atoms with Crippen molar-refractivity contribution >= 4 is 17.5 Å². The highest BCUT2D eigenvalue weighted by Gasteiger charge is 2.29. The minimum atomic E-state index is -0.434. The van der Waals surface area contributed by atoms with Crippen LogP contribution in [0.15, 0.2) is 6.20 Å². The molecule has 0 bridgehead atoms. The summed E-state index contributed by atoms with van der Waals surface area (Å²) in [5.41, 5.74) is -0.0616. The molecule has 1 atom stereocenters. The van der Waals surface area contributed by atoms with Crippen molar-refractivity contribution in [3.63, 3.8) is 0 Å². The van der Waals surface area contributed by atoms with Gasteiger partial charge in [0.25, 0.3) is 0 Å². The lowest BCUT2D eigenvalue weighted by Gasteiger charge is -2.35. The van der Waals surface area contributed by atoms with Crippen LogP contribution in [0, 0.1) is 10.1 Å². The molecule has 3 fully saturated rings. The van der Waals surface area contributed by atoms with Crippen molar-refractivity contribution in [1.82, 2.24) is 14.9 Å². The van der Waals surface area contributed by atoms with Gasteiger partial charge in [0.1, 0.15) is 6.20 Å². The summed E-state index contributed by atoms with van der Waals surface area (Å²) in [6, 6.07) is 1.16. The molecule has 2 N–H and O–H groups in total. The van der Waals surface area contributed by atoms with Crippen LogP contribution in [0.4, 0.5) is 17.5 Å². The Kier molecular flexibility index (Phi) is 4.67. The molecule has 1 saturated carbocycles. The third-order valence-electron chi connectivity index (χ3n) is 5.17. The van der Waals surface area contributed by atoms with Gasteiger partial charge in [0.05, 0.1) is 11.5 Å². The van der Waals surface area contributed by atoms with Crippen LogP contribution in [0.25, 0.3) is 0 Å². The van der Waals surface area contributed by atoms with Crippen LogP contribution in [0.2, 0.25) is 0 Å². The molecule has 0 amide bonds. The number of nitro groups is 1. The van der Waals surface area contributed by atoms with Crippen molar-refractivity contribution in [1.29, 1.82) is 0 Å². The Morgan fingerprint density at radius 3 is 2.56 bits per heavy atom. The number of anilines is 2. The minimum absolute atomic E-state index is 0.0616. The van der Waals surface area contributed by atoms with E-state index in [1.54, 1.807) is 0 Å². The van der Waals surface area contributed by atoms with E-state index in [0.29, 0.717) is 29.9 Å². The summed E-state index contributed by atoms with van der Waals surface area (Å²) in [4.78, 5) is 21.7. The smallest absolute Gasteiger partial charge is 0.329 e. The molecule has 0 unspecified atom stereocenters. The number of nitrogens with zero attached hydrogens (tertiary/aromatic N) is 4. The van der Waals surface area contributed by atoms with E-state index in [9.17, 15) is 10.1 Å². The molecule has 1 aliphatic carbocycles. The Labute approximate surface area is 146 Å². The average Bonchev–Trinajstić information content (AvgIpc) is 3.25. The number of aromatic nitrogens is 2. The maximum absolute atomic E-state index is 11.1. The van der Waals surface area contributed by atoms with Crippen molar-refractivity contribution in [3.05, 3.63) is 16.3 Å². The number of rotatable bonds is 6. The molecule has 4 rings (SSSR count). The van der Waals surface area contributed by atoms with Crippen LogP contribution < -0.4 is 10.6 Å². The van der Waals surface area contributed by atoms with Crippen LogP contribution in [0.3, 0.4) is 0 Å². The van der Waals surface area contributed by atoms with E-state index in [0.717, 1.165) is 58.4 Å². The standard InChI is InChI=1S/C16H24N6O3/c23-22(24)14-9-17-16(20-15(14)18-11-1-2-11)19-12-3-6-21(7-4-12)13-5-8-25-10-13/h9,11-13H,1-8,10H2,(H2,17,18,19,20)/t13-/m1/s1. The molecule has 2 aliphatic heterocycles. The van der Waals surface area contributed by atoms with Crippen molar-refractivity contribution in [3.8, 4) is 0 Å². The summed E-state index contributed by atoms with van der Waals surface area (Å²) in [5, 5.41) is 17.6. The fourth-order valence-electron chi connectivity index (χ4n) is 3.51. The van der Waals surface area contributed by atoms with Crippen LogP contribution in [0.1, 0.15) is 32.1 Å². The Balaban J connectivity index is 1.36. The zero-order valence-corrected chi connectivity index (χ0v) is 14.2. The van der Waals surface area contributed by atoms with Gasteiger partial charge in [0.15, 0.2) is 0 Å². The molecule has 1 aromatic heterocycles. The molecular weight excluding hydrogens is 324 g/mol. The van der Waals surface area contributed by atoms with Crippen molar-refractivity contribution in [2.24, 2.45) is 0 Å². The fraction of sp³-hybridized carbons (Fsp3) is 0.750. The van der Waals surface area contributed by atoms with E-state index >= 15 is 0 Å². The first kappa shape index (κ1) is 16.5. The second kappa shape index (κ2) is 7.09. The highest BCUT2D eigenvalue weighted by molar-refractivity contribution is 5.58. The Morgan fingerprint density at radius 2 is 1.92 bits per heavy atom. The van der Waals surface area contributed by atoms with Crippen molar-refractivity contribution < 1.29 is 9.66 Å². The summed E-state index contributed by atoms with van der Waals surface area (Å²) in [5.74, 6) is 0.793. The zero-order chi connectivity index (χ0) is 17.2. The van der Waals surface area contributed by atoms with E-state index in [2.05, 4.69) is 25.5 Å². The molecule has 136 valence electrons. The highest BCUT2D eigenvalue weighted by atomic mass is 16.6. The van der Waals surface area contributed by atoms with E-state index in [1.165, 1.54) is 6.20 Å². The van der Waals surface area contributed by atoms with E-state index in [4.69, 9.17) is 4.74 Å². The third-order valence-corrected chi connectivity index (χ3v) is 5.17. The number of hydrogen-bond acceptors (Lipinski definition) is 8. The number of likely N-dealkylation sites (tertiary alicyclic amines) is 1. The van der Waals surface area contributed by atoms with Gasteiger partial charge in [-0.25, -0.2) is 4.98 Å². The maximum atomic E-state index is 11.1. The molecule has 2 saturated heterocycles. The second-order valence-corrected chi connectivity index (χ2v) is 7.08. The summed E-state index contributed by atoms with van der Waals surface area (Å²) in [7, 11) is 0. The average molecular weight is 348 g/mol. The predicted molar refractivity (Wildman–Crippen MR) is 92.8 cm³/mol. The lowest BCUT2D eigenvalue weighted by molar-refractivity contribution is -0.384. The SMILES string of the molecule is O=[N+]([O-])c1cnc(NC2CCN([C@@H]3CCOC3)CC2)nc1NC1CC1. The largest absolute Gasteiger partial charge is 0.380 e. The topological polar surface area (TPSA) is 105 Å². The van der Waals surface area contributed by atoms with Crippen LogP contribution in [-0.4, -0.2) is 64.2 Å². The van der Waals surface area contributed by atoms with E-state index < -0.39 is 4.92 Å². The quantitative estimate of drug-likeness (QED) is 0.590. The molecule has 25 heavy (non-hydrogen) atoms. The molecule has 9 nitrogen and oxygen atoms in total. The molecular formula is C16H24N6O3. The number of nitrogens with one attached hydrogen (secondary N) is 2. The number of hydrogen-bond donors (Lipinski definition) is 2. The van der Waals surface area contributed by atoms with Gasteiger partial charge < -0.3 is 15.4 Å². The van der Waals surface area contributed by atoms with Gasteiger partial charge in [-0.15, -0.1) is 0 Å². The van der Waals surface area contributed by atoms with Gasteiger partial charge in [-0.2, -0.15) is 4.98 Å². The van der Waals surface area contributed by atoms with Crippen LogP contribution in [-0.2, 0) is 4.74 Å². The molecule has 0 aromatic carbocycles. The van der Waals surface area contributed by atoms with Gasteiger partial charge in [-0.1, -0.05) is 0 Å². The van der Waals surface area contributed by atoms with Gasteiger partial charge in [-0.3, -0.25) is 15.0 Å². The zero-order valence-electron chi connectivity index (χ0n) is 14.2. The summed E-state index contributed by atoms with van der Waals surface area (Å²) >= 11 is 0. The highest BCUT2D eigenvalue weighted by Crippen LogP contribution is 2.30. The normalized spacial score (nSPS) is 25.0. The minimum Gasteiger partial charge on any atom is -0.380 e. The molecule has 3 aliphatic rings. The predicted octanol–water partition coefficient (Wildman–Crippen LogP) is 1.62. The lowest BCUT2D eigenvalue weighted by atomic mass is 10.0. The summed E-state index contributed by atoms with van der Waals surface area (Å²) in [6.45, 7) is 3.79. The first-order valence-electron chi connectivity index (χ1n) is 9.05. The van der Waals surface area contributed by atoms with Gasteiger partial charge >= 0.3 is 5.69 Å². The van der Waals surface area contributed by atoms with Crippen molar-refractivity contribution in [2.75, 3.05) is 36.9 Å². The Morgan fingerprint density at radius 1 is 1.16 bits per heavy atom. The first-order chi connectivity index (χ1) is 12.2. The summed E-state index contributed by atoms with van der Waals surface area (Å²) < 4.78 is 5.47. The van der Waals surface area contributed by atoms with Gasteiger partial charge in [0, 0.05) is 37.8 Å². The van der Waals surface area contributed by atoms with E-state index in [-0.39, 0.29) is 5.69 Å². The van der Waals surface area contributed by atoms with Gasteiger partial charge in [0.2, 0.25) is 11.8 Å². The lowest BCUT2D eigenvalue weighted by Crippen LogP contribution is -2.45. The molecule has 0 spiro atoms. The second-order valence-electron chi connectivity index (χ2n) is 7.08. The maximum Gasteiger partial charge on any atom is 0.329 e.